The first kappa shape index (κ1) is 16.8. The lowest BCUT2D eigenvalue weighted by Crippen LogP contribution is -2.23. The van der Waals surface area contributed by atoms with Crippen LogP contribution in [0.3, 0.4) is 0 Å². The molecule has 5 aromatic heterocycles. The van der Waals surface area contributed by atoms with Crippen LogP contribution < -0.4 is 5.56 Å². The summed E-state index contributed by atoms with van der Waals surface area (Å²) >= 11 is 1.50. The number of aryl methyl sites for hydroxylation is 2. The van der Waals surface area contributed by atoms with Crippen LogP contribution in [0.2, 0.25) is 0 Å². The summed E-state index contributed by atoms with van der Waals surface area (Å²) in [5, 5.41) is 6.95. The van der Waals surface area contributed by atoms with Gasteiger partial charge in [-0.1, -0.05) is 0 Å². The molecule has 0 radical (unpaired) electrons. The summed E-state index contributed by atoms with van der Waals surface area (Å²) in [7, 11) is 0. The van der Waals surface area contributed by atoms with Gasteiger partial charge in [0.1, 0.15) is 11.5 Å². The van der Waals surface area contributed by atoms with Gasteiger partial charge in [-0.2, -0.15) is 5.10 Å². The van der Waals surface area contributed by atoms with E-state index >= 15 is 0 Å². The van der Waals surface area contributed by atoms with Crippen molar-refractivity contribution in [2.45, 2.75) is 13.0 Å². The van der Waals surface area contributed by atoms with E-state index in [0.717, 1.165) is 21.5 Å². The highest BCUT2D eigenvalue weighted by molar-refractivity contribution is 7.17. The van der Waals surface area contributed by atoms with Gasteiger partial charge in [-0.25, -0.2) is 14.1 Å². The molecule has 0 saturated heterocycles. The molecule has 6 nitrogen and oxygen atoms in total. The molecule has 0 aliphatic carbocycles. The van der Waals surface area contributed by atoms with Crippen molar-refractivity contribution in [1.82, 2.24) is 24.1 Å². The van der Waals surface area contributed by atoms with Crippen LogP contribution in [0.1, 0.15) is 5.69 Å². The van der Waals surface area contributed by atoms with Crippen LogP contribution in [-0.4, -0.2) is 24.1 Å². The Hall–Kier alpha value is -3.39. The second kappa shape index (κ2) is 6.65. The van der Waals surface area contributed by atoms with Gasteiger partial charge in [0, 0.05) is 48.2 Å². The number of aromatic nitrogens is 5. The molecule has 138 valence electrons. The average molecular weight is 391 g/mol. The third kappa shape index (κ3) is 2.87. The minimum Gasteiger partial charge on any atom is -0.307 e. The first-order valence-corrected chi connectivity index (χ1v) is 9.58. The fourth-order valence-corrected chi connectivity index (χ4v) is 4.17. The van der Waals surface area contributed by atoms with Gasteiger partial charge >= 0.3 is 0 Å². The highest BCUT2D eigenvalue weighted by Gasteiger charge is 2.13. The minimum atomic E-state index is -0.325. The molecule has 0 spiro atoms. The van der Waals surface area contributed by atoms with Crippen molar-refractivity contribution in [2.24, 2.45) is 0 Å². The summed E-state index contributed by atoms with van der Waals surface area (Å²) in [6.45, 7) is 0.396. The van der Waals surface area contributed by atoms with E-state index in [1.54, 1.807) is 29.2 Å². The van der Waals surface area contributed by atoms with E-state index in [9.17, 15) is 9.18 Å². The molecule has 0 atom stereocenters. The summed E-state index contributed by atoms with van der Waals surface area (Å²) in [6, 6.07) is 6.55. The molecule has 0 N–H and O–H groups in total. The normalized spacial score (nSPS) is 11.5. The Morgan fingerprint density at radius 2 is 2.04 bits per heavy atom. The first-order chi connectivity index (χ1) is 13.7. The third-order valence-corrected chi connectivity index (χ3v) is 5.54. The quantitative estimate of drug-likeness (QED) is 0.470. The highest BCUT2D eigenvalue weighted by Crippen LogP contribution is 2.30. The van der Waals surface area contributed by atoms with E-state index in [4.69, 9.17) is 0 Å². The van der Waals surface area contributed by atoms with Gasteiger partial charge in [0.15, 0.2) is 0 Å². The van der Waals surface area contributed by atoms with E-state index in [1.165, 1.54) is 28.2 Å². The largest absolute Gasteiger partial charge is 0.307 e. The van der Waals surface area contributed by atoms with Crippen LogP contribution in [0, 0.1) is 5.82 Å². The molecular formula is C20H14FN5OS. The number of hydrogen-bond acceptors (Lipinski definition) is 5. The monoisotopic (exact) mass is 391 g/mol. The van der Waals surface area contributed by atoms with Gasteiger partial charge < -0.3 is 4.40 Å². The van der Waals surface area contributed by atoms with E-state index in [2.05, 4.69) is 15.1 Å². The number of pyridine rings is 2. The van der Waals surface area contributed by atoms with Gasteiger partial charge in [-0.15, -0.1) is 11.3 Å². The van der Waals surface area contributed by atoms with Gasteiger partial charge in [-0.05, 0) is 23.8 Å². The summed E-state index contributed by atoms with van der Waals surface area (Å²) < 4.78 is 17.4. The molecule has 5 aromatic rings. The molecular weight excluding hydrogens is 377 g/mol. The van der Waals surface area contributed by atoms with Crippen molar-refractivity contribution < 1.29 is 4.39 Å². The van der Waals surface area contributed by atoms with Crippen molar-refractivity contribution in [3.8, 4) is 11.1 Å². The lowest BCUT2D eigenvalue weighted by molar-refractivity contribution is 0.580. The van der Waals surface area contributed by atoms with Crippen LogP contribution in [0.15, 0.2) is 65.4 Å². The molecule has 0 saturated carbocycles. The van der Waals surface area contributed by atoms with E-state index < -0.39 is 0 Å². The predicted molar refractivity (Wildman–Crippen MR) is 106 cm³/mol. The topological polar surface area (TPSA) is 65.1 Å². The standard InChI is InChI=1S/C20H14FN5OS/c21-14-3-7-25-11-15(24-18(25)9-14)4-8-26-20(27)19-16(12-28-17(19)10-23-26)13-1-5-22-6-2-13/h1-3,5-7,9-12H,4,8H2. The van der Waals surface area contributed by atoms with Crippen molar-refractivity contribution in [2.75, 3.05) is 0 Å². The molecule has 0 aromatic carbocycles. The van der Waals surface area contributed by atoms with Gasteiger partial charge in [0.25, 0.3) is 5.56 Å². The molecule has 8 heteroatoms. The van der Waals surface area contributed by atoms with Gasteiger partial charge in [0.2, 0.25) is 0 Å². The molecule has 5 rings (SSSR count). The molecule has 5 heterocycles. The number of fused-ring (bicyclic) bond motifs is 2. The number of halogens is 1. The molecule has 0 bridgehead atoms. The van der Waals surface area contributed by atoms with Gasteiger partial charge in [-0.3, -0.25) is 9.78 Å². The molecule has 0 unspecified atom stereocenters. The fraction of sp³-hybridized carbons (Fsp3) is 0.100. The Morgan fingerprint density at radius 3 is 2.89 bits per heavy atom. The summed E-state index contributed by atoms with van der Waals surface area (Å²) in [5.74, 6) is -0.325. The lowest BCUT2D eigenvalue weighted by Gasteiger charge is -2.04. The maximum Gasteiger partial charge on any atom is 0.276 e. The van der Waals surface area contributed by atoms with E-state index in [-0.39, 0.29) is 11.4 Å². The van der Waals surface area contributed by atoms with Crippen molar-refractivity contribution in [1.29, 1.82) is 0 Å². The first-order valence-electron chi connectivity index (χ1n) is 8.70. The average Bonchev–Trinajstić information content (AvgIpc) is 3.32. The zero-order chi connectivity index (χ0) is 19.1. The summed E-state index contributed by atoms with van der Waals surface area (Å²) in [6.07, 6.45) is 9.15. The van der Waals surface area contributed by atoms with Gasteiger partial charge in [0.05, 0.1) is 28.5 Å². The minimum absolute atomic E-state index is 0.125. The number of hydrogen-bond donors (Lipinski definition) is 0. The molecule has 0 aliphatic heterocycles. The molecule has 0 aliphatic rings. The number of thiophene rings is 1. The van der Waals surface area contributed by atoms with Crippen LogP contribution in [0.25, 0.3) is 26.9 Å². The Kier molecular flexibility index (Phi) is 3.98. The second-order valence-corrected chi connectivity index (χ2v) is 7.30. The van der Waals surface area contributed by atoms with Crippen LogP contribution in [0.5, 0.6) is 0 Å². The number of nitrogens with zero attached hydrogens (tertiary/aromatic N) is 5. The Labute approximate surface area is 162 Å². The Bertz CT molecular complexity index is 1360. The van der Waals surface area contributed by atoms with Crippen molar-refractivity contribution in [3.05, 3.63) is 82.5 Å². The fourth-order valence-electron chi connectivity index (χ4n) is 3.25. The maximum atomic E-state index is 13.3. The summed E-state index contributed by atoms with van der Waals surface area (Å²) in [5.41, 5.74) is 3.05. The summed E-state index contributed by atoms with van der Waals surface area (Å²) in [4.78, 5) is 21.5. The van der Waals surface area contributed by atoms with Crippen molar-refractivity contribution in [3.63, 3.8) is 0 Å². The van der Waals surface area contributed by atoms with Crippen LogP contribution in [0.4, 0.5) is 4.39 Å². The maximum absolute atomic E-state index is 13.3. The second-order valence-electron chi connectivity index (χ2n) is 6.39. The Morgan fingerprint density at radius 1 is 1.18 bits per heavy atom. The SMILES string of the molecule is O=c1c2c(-c3ccncc3)csc2cnn1CCc1cn2ccc(F)cc2n1. The molecule has 0 amide bonds. The Balaban J connectivity index is 1.49. The molecule has 28 heavy (non-hydrogen) atoms. The van der Waals surface area contributed by atoms with E-state index in [0.29, 0.717) is 24.0 Å². The highest BCUT2D eigenvalue weighted by atomic mass is 32.1. The zero-order valence-electron chi connectivity index (χ0n) is 14.6. The smallest absolute Gasteiger partial charge is 0.276 e. The number of imidazole rings is 1. The third-order valence-electron chi connectivity index (χ3n) is 4.63. The van der Waals surface area contributed by atoms with Crippen molar-refractivity contribution >= 4 is 27.1 Å². The van der Waals surface area contributed by atoms with Crippen LogP contribution >= 0.6 is 11.3 Å². The zero-order valence-corrected chi connectivity index (χ0v) is 15.4. The van der Waals surface area contributed by atoms with E-state index in [1.807, 2.05) is 23.7 Å². The van der Waals surface area contributed by atoms with Crippen LogP contribution in [-0.2, 0) is 13.0 Å². The predicted octanol–water partition coefficient (Wildman–Crippen LogP) is 3.55. The molecule has 0 fully saturated rings. The lowest BCUT2D eigenvalue weighted by atomic mass is 10.1. The number of rotatable bonds is 4.